The molecule has 28 heavy (non-hydrogen) atoms. The fourth-order valence-corrected chi connectivity index (χ4v) is 3.15. The lowest BCUT2D eigenvalue weighted by Crippen LogP contribution is -2.54. The maximum atomic E-state index is 13.0. The van der Waals surface area contributed by atoms with Crippen LogP contribution in [0.3, 0.4) is 0 Å². The van der Waals surface area contributed by atoms with E-state index >= 15 is 0 Å². The first kappa shape index (κ1) is 19.8. The molecular weight excluding hydrogens is 428 g/mol. The topological polar surface area (TPSA) is 106 Å². The second-order valence-electron chi connectivity index (χ2n) is 6.59. The predicted molar refractivity (Wildman–Crippen MR) is 106 cm³/mol. The lowest BCUT2D eigenvalue weighted by Gasteiger charge is -2.26. The maximum Gasteiger partial charge on any atom is 0.329 e. The molecule has 2 N–H and O–H groups in total. The maximum absolute atomic E-state index is 13.0. The highest BCUT2D eigenvalue weighted by molar-refractivity contribution is 9.10. The minimum atomic E-state index is -1.51. The second-order valence-corrected chi connectivity index (χ2v) is 7.50. The van der Waals surface area contributed by atoms with E-state index in [9.17, 15) is 14.7 Å². The molecule has 0 aliphatic rings. The van der Waals surface area contributed by atoms with E-state index in [4.69, 9.17) is 4.74 Å². The molecule has 1 aromatic carbocycles. The van der Waals surface area contributed by atoms with Gasteiger partial charge in [-0.15, -0.1) is 5.10 Å². The van der Waals surface area contributed by atoms with Crippen LogP contribution in [0.15, 0.2) is 40.9 Å². The van der Waals surface area contributed by atoms with E-state index in [1.54, 1.807) is 19.1 Å². The summed E-state index contributed by atoms with van der Waals surface area (Å²) in [6.45, 7) is 3.14. The molecule has 3 rings (SSSR count). The largest absolute Gasteiger partial charge is 0.480 e. The summed E-state index contributed by atoms with van der Waals surface area (Å²) in [4.78, 5) is 29.3. The van der Waals surface area contributed by atoms with E-state index in [0.29, 0.717) is 17.2 Å². The SMILES string of the molecule is COc1ccc2nc(C)c(C(=O)NC(C)(Cc3ccc(Br)cc3)C(=O)O)n2n1. The summed E-state index contributed by atoms with van der Waals surface area (Å²) >= 11 is 3.35. The van der Waals surface area contributed by atoms with E-state index in [-0.39, 0.29) is 12.1 Å². The van der Waals surface area contributed by atoms with Crippen LogP contribution in [-0.2, 0) is 11.2 Å². The van der Waals surface area contributed by atoms with Crippen LogP contribution in [0.5, 0.6) is 5.88 Å². The van der Waals surface area contributed by atoms with Crippen LogP contribution in [0.1, 0.15) is 28.7 Å². The van der Waals surface area contributed by atoms with E-state index < -0.39 is 17.4 Å². The van der Waals surface area contributed by atoms with Crippen LogP contribution < -0.4 is 10.1 Å². The van der Waals surface area contributed by atoms with Crippen molar-refractivity contribution >= 4 is 33.5 Å². The van der Waals surface area contributed by atoms with Gasteiger partial charge in [-0.05, 0) is 37.6 Å². The molecule has 0 saturated carbocycles. The number of halogens is 1. The number of methoxy groups -OCH3 is 1. The van der Waals surface area contributed by atoms with E-state index in [2.05, 4.69) is 31.3 Å². The highest BCUT2D eigenvalue weighted by Crippen LogP contribution is 2.19. The molecule has 0 aliphatic carbocycles. The Bertz CT molecular complexity index is 1050. The Balaban J connectivity index is 1.94. The highest BCUT2D eigenvalue weighted by atomic mass is 79.9. The van der Waals surface area contributed by atoms with Gasteiger partial charge in [0.15, 0.2) is 11.3 Å². The lowest BCUT2D eigenvalue weighted by molar-refractivity contribution is -0.143. The molecule has 0 bridgehead atoms. The van der Waals surface area contributed by atoms with Crippen molar-refractivity contribution < 1.29 is 19.4 Å². The molecule has 0 aliphatic heterocycles. The number of aryl methyl sites for hydroxylation is 1. The molecule has 0 spiro atoms. The number of nitrogens with one attached hydrogen (secondary N) is 1. The van der Waals surface area contributed by atoms with Crippen LogP contribution in [0, 0.1) is 6.92 Å². The van der Waals surface area contributed by atoms with Crippen LogP contribution in [0.2, 0.25) is 0 Å². The zero-order chi connectivity index (χ0) is 20.5. The Morgan fingerprint density at radius 1 is 1.25 bits per heavy atom. The van der Waals surface area contributed by atoms with Crippen LogP contribution in [0.25, 0.3) is 5.65 Å². The second kappa shape index (κ2) is 7.59. The molecule has 146 valence electrons. The Morgan fingerprint density at radius 2 is 1.93 bits per heavy atom. The smallest absolute Gasteiger partial charge is 0.329 e. The molecule has 2 aromatic heterocycles. The number of benzene rings is 1. The predicted octanol–water partition coefficient (Wildman–Crippen LogP) is 2.62. The fourth-order valence-electron chi connectivity index (χ4n) is 2.89. The summed E-state index contributed by atoms with van der Waals surface area (Å²) in [6, 6.07) is 10.6. The Hall–Kier alpha value is -2.94. The van der Waals surface area contributed by atoms with E-state index in [1.165, 1.54) is 18.5 Å². The van der Waals surface area contributed by atoms with Crippen molar-refractivity contribution in [3.63, 3.8) is 0 Å². The van der Waals surface area contributed by atoms with Gasteiger partial charge < -0.3 is 15.2 Å². The average molecular weight is 447 g/mol. The number of amides is 1. The van der Waals surface area contributed by atoms with Gasteiger partial charge in [-0.1, -0.05) is 28.1 Å². The molecule has 0 radical (unpaired) electrons. The van der Waals surface area contributed by atoms with Crippen LogP contribution in [-0.4, -0.2) is 44.2 Å². The number of imidazole rings is 1. The van der Waals surface area contributed by atoms with Gasteiger partial charge >= 0.3 is 5.97 Å². The van der Waals surface area contributed by atoms with Crippen molar-refractivity contribution in [2.75, 3.05) is 7.11 Å². The van der Waals surface area contributed by atoms with Gasteiger partial charge in [-0.2, -0.15) is 0 Å². The van der Waals surface area contributed by atoms with Gasteiger partial charge in [0.1, 0.15) is 5.54 Å². The number of hydrogen-bond donors (Lipinski definition) is 2. The molecule has 0 saturated heterocycles. The van der Waals surface area contributed by atoms with Crippen molar-refractivity contribution in [3.05, 3.63) is 57.8 Å². The number of fused-ring (bicyclic) bond motifs is 1. The zero-order valence-electron chi connectivity index (χ0n) is 15.6. The van der Waals surface area contributed by atoms with Crippen molar-refractivity contribution in [1.82, 2.24) is 19.9 Å². The normalized spacial score (nSPS) is 13.1. The van der Waals surface area contributed by atoms with Crippen LogP contribution >= 0.6 is 15.9 Å². The van der Waals surface area contributed by atoms with Gasteiger partial charge in [0.2, 0.25) is 5.88 Å². The number of hydrogen-bond acceptors (Lipinski definition) is 5. The summed E-state index contributed by atoms with van der Waals surface area (Å²) in [6.07, 6.45) is 0.119. The standard InChI is InChI=1S/C19H19BrN4O4/c1-11-16(24-14(21-11)8-9-15(23-24)28-3)17(25)22-19(2,18(26)27)10-12-4-6-13(20)7-5-12/h4-9H,10H2,1-3H3,(H,22,25)(H,26,27). The molecule has 8 nitrogen and oxygen atoms in total. The third-order valence-corrected chi connectivity index (χ3v) is 4.91. The van der Waals surface area contributed by atoms with Gasteiger partial charge in [-0.3, -0.25) is 4.79 Å². The van der Waals surface area contributed by atoms with Crippen molar-refractivity contribution in [2.45, 2.75) is 25.8 Å². The van der Waals surface area contributed by atoms with Gasteiger partial charge in [0.05, 0.1) is 12.8 Å². The number of aromatic nitrogens is 3. The molecule has 9 heteroatoms. The van der Waals surface area contributed by atoms with Crippen molar-refractivity contribution in [2.24, 2.45) is 0 Å². The molecule has 1 unspecified atom stereocenters. The molecule has 3 aromatic rings. The van der Waals surface area contributed by atoms with Gasteiger partial charge in [0, 0.05) is 17.0 Å². The molecule has 0 fully saturated rings. The average Bonchev–Trinajstić information content (AvgIpc) is 2.98. The summed E-state index contributed by atoms with van der Waals surface area (Å²) in [5.74, 6) is -1.40. The monoisotopic (exact) mass is 446 g/mol. The number of carbonyl (C=O) groups excluding carboxylic acids is 1. The minimum Gasteiger partial charge on any atom is -0.480 e. The zero-order valence-corrected chi connectivity index (χ0v) is 17.1. The Morgan fingerprint density at radius 3 is 2.54 bits per heavy atom. The third-order valence-electron chi connectivity index (χ3n) is 4.38. The number of carboxylic acids is 1. The fraction of sp³-hybridized carbons (Fsp3) is 0.263. The number of carboxylic acid groups (broad SMARTS) is 1. The molecule has 1 atom stereocenters. The number of ether oxygens (including phenoxy) is 1. The van der Waals surface area contributed by atoms with Crippen LogP contribution in [0.4, 0.5) is 0 Å². The first-order valence-corrected chi connectivity index (χ1v) is 9.23. The summed E-state index contributed by atoms with van der Waals surface area (Å²) in [7, 11) is 1.47. The Labute approximate surface area is 169 Å². The quantitative estimate of drug-likeness (QED) is 0.602. The van der Waals surface area contributed by atoms with Gasteiger partial charge in [0.25, 0.3) is 5.91 Å². The first-order valence-electron chi connectivity index (χ1n) is 8.44. The first-order chi connectivity index (χ1) is 13.2. The lowest BCUT2D eigenvalue weighted by atomic mass is 9.92. The summed E-state index contributed by atoms with van der Waals surface area (Å²) in [5, 5.41) is 16.6. The number of nitrogens with zero attached hydrogens (tertiary/aromatic N) is 3. The van der Waals surface area contributed by atoms with Crippen molar-refractivity contribution in [1.29, 1.82) is 0 Å². The minimum absolute atomic E-state index is 0.119. The molecule has 2 heterocycles. The Kier molecular flexibility index (Phi) is 5.37. The van der Waals surface area contributed by atoms with Gasteiger partial charge in [-0.25, -0.2) is 14.3 Å². The number of rotatable bonds is 6. The highest BCUT2D eigenvalue weighted by Gasteiger charge is 2.36. The number of carbonyl (C=O) groups is 2. The van der Waals surface area contributed by atoms with E-state index in [0.717, 1.165) is 10.0 Å². The van der Waals surface area contributed by atoms with Crippen molar-refractivity contribution in [3.8, 4) is 5.88 Å². The molecule has 1 amide bonds. The third kappa shape index (κ3) is 3.84. The summed E-state index contributed by atoms with van der Waals surface area (Å²) < 4.78 is 7.34. The van der Waals surface area contributed by atoms with E-state index in [1.807, 2.05) is 24.3 Å². The molecular formula is C19H19BrN4O4. The summed E-state index contributed by atoms with van der Waals surface area (Å²) in [5.41, 5.74) is 0.337. The number of aliphatic carboxylic acids is 1.